The summed E-state index contributed by atoms with van der Waals surface area (Å²) in [5.74, 6) is -2.86. The van der Waals surface area contributed by atoms with E-state index in [4.69, 9.17) is 36.0 Å². The fourth-order valence-corrected chi connectivity index (χ4v) is 14.8. The summed E-state index contributed by atoms with van der Waals surface area (Å²) in [4.78, 5) is 0. The van der Waals surface area contributed by atoms with Gasteiger partial charge in [-0.3, -0.25) is 10.2 Å². The first-order chi connectivity index (χ1) is 9.95. The van der Waals surface area contributed by atoms with E-state index in [1.165, 1.54) is 0 Å². The largest absolute Gasteiger partial charge is 0.345 e. The molecular weight excluding hydrogens is 386 g/mol. The number of hydrogen-bond acceptors (Lipinski definition) is 7. The molecular formula is C10H22Cl2N5O2P3. The number of hydrogen-bond donors (Lipinski definition) is 2. The highest BCUT2D eigenvalue weighted by Crippen LogP contribution is 2.81. The topological polar surface area (TPSA) is 79.6 Å². The van der Waals surface area contributed by atoms with E-state index in [0.717, 1.165) is 13.1 Å². The second kappa shape index (κ2) is 5.56. The van der Waals surface area contributed by atoms with Crippen molar-refractivity contribution in [1.82, 2.24) is 10.2 Å². The molecule has 0 aromatic heterocycles. The van der Waals surface area contributed by atoms with Gasteiger partial charge in [-0.05, 0) is 27.9 Å². The average Bonchev–Trinajstić information content (AvgIpc) is 2.37. The summed E-state index contributed by atoms with van der Waals surface area (Å²) in [7, 11) is -5.22. The van der Waals surface area contributed by atoms with Gasteiger partial charge < -0.3 is 9.05 Å². The number of nitrogens with one attached hydrogen (secondary N) is 2. The van der Waals surface area contributed by atoms with Crippen LogP contribution in [0.5, 0.6) is 0 Å². The van der Waals surface area contributed by atoms with Crippen molar-refractivity contribution in [1.29, 1.82) is 0 Å². The molecule has 2 fully saturated rings. The molecule has 0 atom stereocenters. The van der Waals surface area contributed by atoms with Gasteiger partial charge in [0.25, 0.3) is 5.91 Å². The van der Waals surface area contributed by atoms with Crippen molar-refractivity contribution in [3.8, 4) is 0 Å². The first-order valence-electron chi connectivity index (χ1n) is 7.05. The maximum Gasteiger partial charge on any atom is 0.345 e. The third-order valence-corrected chi connectivity index (χ3v) is 13.7. The lowest BCUT2D eigenvalue weighted by Gasteiger charge is -2.42. The minimum Gasteiger partial charge on any atom is -0.306 e. The van der Waals surface area contributed by atoms with Gasteiger partial charge in [0.1, 0.15) is 0 Å². The van der Waals surface area contributed by atoms with Crippen LogP contribution in [0.15, 0.2) is 13.5 Å². The second-order valence-electron chi connectivity index (χ2n) is 7.36. The van der Waals surface area contributed by atoms with Gasteiger partial charge in [0, 0.05) is 18.5 Å². The number of halogens is 2. The fraction of sp³-hybridized carbons (Fsp3) is 1.00. The predicted octanol–water partition coefficient (Wildman–Crippen LogP) is 5.61. The van der Waals surface area contributed by atoms with Crippen LogP contribution in [0.3, 0.4) is 0 Å². The molecule has 0 unspecified atom stereocenters. The van der Waals surface area contributed by atoms with E-state index in [1.54, 1.807) is 0 Å². The smallest absolute Gasteiger partial charge is 0.306 e. The van der Waals surface area contributed by atoms with E-state index < -0.39 is 21.1 Å². The minimum absolute atomic E-state index is 0.0639. The molecule has 7 nitrogen and oxygen atoms in total. The summed E-state index contributed by atoms with van der Waals surface area (Å²) in [6.07, 6.45) is 0. The Morgan fingerprint density at radius 1 is 0.864 bits per heavy atom. The molecule has 0 amide bonds. The molecule has 3 heterocycles. The summed E-state index contributed by atoms with van der Waals surface area (Å²) in [6.45, 7) is 11.1. The molecule has 12 heteroatoms. The molecule has 0 saturated carbocycles. The van der Waals surface area contributed by atoms with Crippen LogP contribution in [0.1, 0.15) is 27.7 Å². The van der Waals surface area contributed by atoms with Crippen LogP contribution in [0, 0.1) is 10.8 Å². The zero-order chi connectivity index (χ0) is 16.3. The summed E-state index contributed by atoms with van der Waals surface area (Å²) < 4.78 is 25.6. The zero-order valence-corrected chi connectivity index (χ0v) is 17.3. The quantitative estimate of drug-likeness (QED) is 0.511. The molecule has 2 spiro atoms. The van der Waals surface area contributed by atoms with Crippen LogP contribution >= 0.6 is 43.6 Å². The van der Waals surface area contributed by atoms with Crippen molar-refractivity contribution < 1.29 is 9.05 Å². The Hall–Kier alpha value is 1.11. The standard InChI is InChI=1S/C10H22Cl2N5O2P3/c1-9(2)5-13-21(14-6-9)15-20(11,12)16-22(17-21)18-7-10(3,4)8-19-22/h13-14H,5-8H2,1-4H3. The minimum atomic E-state index is -2.86. The Morgan fingerprint density at radius 3 is 1.95 bits per heavy atom. The lowest BCUT2D eigenvalue weighted by Crippen LogP contribution is -2.44. The van der Waals surface area contributed by atoms with Gasteiger partial charge in [-0.15, -0.1) is 0 Å². The second-order valence-corrected chi connectivity index (χ2v) is 17.1. The molecule has 2 saturated heterocycles. The Kier molecular flexibility index (Phi) is 4.53. The average molecular weight is 408 g/mol. The summed E-state index contributed by atoms with van der Waals surface area (Å²) >= 11 is 12.7. The Balaban J connectivity index is 2.00. The van der Waals surface area contributed by atoms with Crippen LogP contribution in [-0.2, 0) is 9.05 Å². The fourth-order valence-electron chi connectivity index (χ4n) is 2.10. The molecule has 3 aliphatic rings. The molecule has 2 N–H and O–H groups in total. The highest BCUT2D eigenvalue weighted by Gasteiger charge is 2.44. The third-order valence-electron chi connectivity index (χ3n) is 3.50. The van der Waals surface area contributed by atoms with Crippen molar-refractivity contribution in [3.05, 3.63) is 0 Å². The van der Waals surface area contributed by atoms with E-state index in [9.17, 15) is 0 Å². The van der Waals surface area contributed by atoms with Crippen molar-refractivity contribution in [2.45, 2.75) is 27.7 Å². The van der Waals surface area contributed by atoms with Gasteiger partial charge in [0.2, 0.25) is 7.51 Å². The molecule has 128 valence electrons. The summed E-state index contributed by atoms with van der Waals surface area (Å²) in [5.41, 5.74) is 0.0537. The summed E-state index contributed by atoms with van der Waals surface area (Å²) in [5, 5.41) is 6.81. The van der Waals surface area contributed by atoms with Crippen molar-refractivity contribution in [3.63, 3.8) is 0 Å². The van der Waals surface area contributed by atoms with Crippen LogP contribution < -0.4 is 10.2 Å². The lowest BCUT2D eigenvalue weighted by molar-refractivity contribution is 0.0567. The molecule has 3 rings (SSSR count). The van der Waals surface area contributed by atoms with Crippen LogP contribution in [0.2, 0.25) is 0 Å². The Labute approximate surface area is 141 Å². The van der Waals surface area contributed by atoms with Crippen molar-refractivity contribution in [2.75, 3.05) is 26.3 Å². The van der Waals surface area contributed by atoms with Crippen LogP contribution in [0.25, 0.3) is 0 Å². The first kappa shape index (κ1) is 17.9. The number of rotatable bonds is 0. The maximum atomic E-state index is 6.36. The monoisotopic (exact) mass is 407 g/mol. The van der Waals surface area contributed by atoms with E-state index in [-0.39, 0.29) is 10.8 Å². The molecule has 3 aliphatic heterocycles. The molecule has 22 heavy (non-hydrogen) atoms. The van der Waals surface area contributed by atoms with Gasteiger partial charge in [0.05, 0.1) is 13.2 Å². The Morgan fingerprint density at radius 2 is 1.41 bits per heavy atom. The van der Waals surface area contributed by atoms with Gasteiger partial charge in [-0.1, -0.05) is 27.7 Å². The van der Waals surface area contributed by atoms with Crippen LogP contribution in [-0.4, -0.2) is 26.3 Å². The van der Waals surface area contributed by atoms with Gasteiger partial charge in [-0.25, -0.2) is 0 Å². The number of nitrogens with zero attached hydrogens (tertiary/aromatic N) is 3. The highest BCUT2D eigenvalue weighted by molar-refractivity contribution is 8.13. The maximum absolute atomic E-state index is 6.36. The van der Waals surface area contributed by atoms with Crippen LogP contribution in [0.4, 0.5) is 0 Å². The molecule has 0 aliphatic carbocycles. The molecule has 0 aromatic carbocycles. The molecule has 0 radical (unpaired) electrons. The SMILES string of the molecule is CC1(C)CNP2(=NP(Cl)(Cl)=NP3(=N2)OCC(C)(C)CO3)NC1. The highest BCUT2D eigenvalue weighted by atomic mass is 35.9. The molecule has 0 bridgehead atoms. The van der Waals surface area contributed by atoms with Crippen molar-refractivity contribution in [2.24, 2.45) is 24.4 Å². The van der Waals surface area contributed by atoms with E-state index >= 15 is 0 Å². The third kappa shape index (κ3) is 3.85. The van der Waals surface area contributed by atoms with E-state index in [1.807, 2.05) is 0 Å². The van der Waals surface area contributed by atoms with Crippen molar-refractivity contribution >= 4 is 43.6 Å². The summed E-state index contributed by atoms with van der Waals surface area (Å²) in [6, 6.07) is 0. The predicted molar refractivity (Wildman–Crippen MR) is 95.2 cm³/mol. The van der Waals surface area contributed by atoms with Gasteiger partial charge >= 0.3 is 7.66 Å². The Bertz CT molecular complexity index is 601. The van der Waals surface area contributed by atoms with E-state index in [0.29, 0.717) is 13.2 Å². The first-order valence-corrected chi connectivity index (χ1v) is 13.8. The lowest BCUT2D eigenvalue weighted by atomic mass is 9.94. The van der Waals surface area contributed by atoms with E-state index in [2.05, 4.69) is 46.9 Å². The zero-order valence-electron chi connectivity index (χ0n) is 13.1. The molecule has 0 aromatic rings. The normalized spacial score (nSPS) is 33.5. The van der Waals surface area contributed by atoms with Gasteiger partial charge in [-0.2, -0.15) is 13.5 Å². The van der Waals surface area contributed by atoms with Gasteiger partial charge in [0.15, 0.2) is 0 Å².